The second-order valence-corrected chi connectivity index (χ2v) is 10.7. The third kappa shape index (κ3) is 5.02. The lowest BCUT2D eigenvalue weighted by Gasteiger charge is -2.35. The maximum atomic E-state index is 13.3. The molecule has 2 aromatic carbocycles. The van der Waals surface area contributed by atoms with Gasteiger partial charge in [-0.2, -0.15) is 0 Å². The summed E-state index contributed by atoms with van der Waals surface area (Å²) in [5.41, 5.74) is 0.790. The van der Waals surface area contributed by atoms with Crippen LogP contribution in [-0.2, 0) is 16.6 Å². The Morgan fingerprint density at radius 2 is 1.76 bits per heavy atom. The van der Waals surface area contributed by atoms with Crippen LogP contribution in [0.15, 0.2) is 70.9 Å². The smallest absolute Gasteiger partial charge is 0.293 e. The molecular formula is C23H26N4O4S2. The van der Waals surface area contributed by atoms with Crippen molar-refractivity contribution in [2.24, 2.45) is 0 Å². The first-order valence-electron chi connectivity index (χ1n) is 10.8. The molecule has 0 amide bonds. The fourth-order valence-electron chi connectivity index (χ4n) is 4.06. The monoisotopic (exact) mass is 486 g/mol. The van der Waals surface area contributed by atoms with Crippen LogP contribution < -0.4 is 9.21 Å². The van der Waals surface area contributed by atoms with Gasteiger partial charge >= 0.3 is 0 Å². The van der Waals surface area contributed by atoms with E-state index in [0.29, 0.717) is 24.5 Å². The average Bonchev–Trinajstić information content (AvgIpc) is 3.33. The van der Waals surface area contributed by atoms with Crippen molar-refractivity contribution in [1.29, 1.82) is 0 Å². The number of anilines is 2. The first-order valence-corrected chi connectivity index (χ1v) is 13.1. The maximum absolute atomic E-state index is 13.3. The second-order valence-electron chi connectivity index (χ2n) is 7.76. The van der Waals surface area contributed by atoms with Crippen molar-refractivity contribution < 1.29 is 13.3 Å². The van der Waals surface area contributed by atoms with Gasteiger partial charge in [-0.25, -0.2) is 8.42 Å². The molecule has 0 bridgehead atoms. The lowest BCUT2D eigenvalue weighted by Crippen LogP contribution is -2.46. The highest BCUT2D eigenvalue weighted by Crippen LogP contribution is 2.33. The molecule has 1 saturated heterocycles. The number of rotatable bonds is 8. The molecular weight excluding hydrogens is 460 g/mol. The van der Waals surface area contributed by atoms with E-state index in [-0.39, 0.29) is 17.1 Å². The molecule has 1 fully saturated rings. The molecule has 0 spiro atoms. The van der Waals surface area contributed by atoms with Crippen LogP contribution in [0.2, 0.25) is 0 Å². The normalized spacial score (nSPS) is 14.9. The Hall–Kier alpha value is -2.95. The first kappa shape index (κ1) is 23.2. The van der Waals surface area contributed by atoms with Crippen LogP contribution in [0.1, 0.15) is 11.8 Å². The maximum Gasteiger partial charge on any atom is 0.293 e. The molecule has 8 nitrogen and oxygen atoms in total. The van der Waals surface area contributed by atoms with Crippen molar-refractivity contribution in [2.75, 3.05) is 41.9 Å². The molecule has 174 valence electrons. The SMILES string of the molecule is CCN(c1ccccc1)S(=O)(=O)c1ccc(N2CCN(Cc3cccs3)CC2)c([N+](=O)[O-])c1. The molecule has 0 unspecified atom stereocenters. The molecule has 0 radical (unpaired) electrons. The van der Waals surface area contributed by atoms with Crippen molar-refractivity contribution in [3.05, 3.63) is 81.0 Å². The van der Waals surface area contributed by atoms with Crippen LogP contribution in [0.3, 0.4) is 0 Å². The lowest BCUT2D eigenvalue weighted by atomic mass is 10.2. The summed E-state index contributed by atoms with van der Waals surface area (Å²) in [5, 5.41) is 13.9. The Balaban J connectivity index is 1.56. The van der Waals surface area contributed by atoms with Crippen LogP contribution in [0.25, 0.3) is 0 Å². The van der Waals surface area contributed by atoms with Crippen LogP contribution in [-0.4, -0.2) is 51.0 Å². The Kier molecular flexibility index (Phi) is 6.96. The second kappa shape index (κ2) is 9.90. The van der Waals surface area contributed by atoms with Crippen LogP contribution in [0, 0.1) is 10.1 Å². The fraction of sp³-hybridized carbons (Fsp3) is 0.304. The van der Waals surface area contributed by atoms with E-state index in [1.165, 1.54) is 21.3 Å². The number of piperazine rings is 1. The topological polar surface area (TPSA) is 87.0 Å². The predicted octanol–water partition coefficient (Wildman–Crippen LogP) is 4.19. The fourth-order valence-corrected chi connectivity index (χ4v) is 6.30. The molecule has 0 N–H and O–H groups in total. The molecule has 33 heavy (non-hydrogen) atoms. The van der Waals surface area contributed by atoms with Gasteiger partial charge in [0.15, 0.2) is 0 Å². The molecule has 0 aliphatic carbocycles. The van der Waals surface area contributed by atoms with E-state index in [0.717, 1.165) is 19.6 Å². The van der Waals surface area contributed by atoms with Gasteiger partial charge in [0.05, 0.1) is 15.5 Å². The van der Waals surface area contributed by atoms with Crippen LogP contribution in [0.5, 0.6) is 0 Å². The van der Waals surface area contributed by atoms with Crippen molar-refractivity contribution >= 4 is 38.4 Å². The van der Waals surface area contributed by atoms with Crippen molar-refractivity contribution in [1.82, 2.24) is 4.90 Å². The summed E-state index contributed by atoms with van der Waals surface area (Å²) in [6, 6.07) is 17.1. The van der Waals surface area contributed by atoms with Gasteiger partial charge in [0.25, 0.3) is 15.7 Å². The molecule has 0 saturated carbocycles. The Labute approximate surface area is 197 Å². The quantitative estimate of drug-likeness (QED) is 0.350. The highest BCUT2D eigenvalue weighted by molar-refractivity contribution is 7.92. The van der Waals surface area contributed by atoms with Gasteiger partial charge < -0.3 is 4.90 Å². The zero-order chi connectivity index (χ0) is 23.4. The van der Waals surface area contributed by atoms with Gasteiger partial charge in [-0.15, -0.1) is 11.3 Å². The number of nitro benzene ring substituents is 1. The number of hydrogen-bond donors (Lipinski definition) is 0. The Bertz CT molecular complexity index is 1190. The molecule has 2 heterocycles. The minimum absolute atomic E-state index is 0.0833. The molecule has 4 rings (SSSR count). The van der Waals surface area contributed by atoms with Crippen molar-refractivity contribution in [3.8, 4) is 0 Å². The standard InChI is InChI=1S/C23H26N4O4S2/c1-2-26(19-7-4-3-5-8-19)33(30,31)21-10-11-22(23(17-21)27(28)29)25-14-12-24(13-15-25)18-20-9-6-16-32-20/h3-11,16-17H,2,12-15,18H2,1H3. The van der Waals surface area contributed by atoms with Gasteiger partial charge in [0.1, 0.15) is 5.69 Å². The summed E-state index contributed by atoms with van der Waals surface area (Å²) in [5.74, 6) is 0. The number of thiophene rings is 1. The summed E-state index contributed by atoms with van der Waals surface area (Å²) < 4.78 is 27.9. The van der Waals surface area contributed by atoms with Gasteiger partial charge in [-0.3, -0.25) is 19.3 Å². The molecule has 0 atom stereocenters. The zero-order valence-corrected chi connectivity index (χ0v) is 20.0. The number of nitro groups is 1. The van der Waals surface area contributed by atoms with E-state index in [4.69, 9.17) is 0 Å². The highest BCUT2D eigenvalue weighted by atomic mass is 32.2. The third-order valence-corrected chi connectivity index (χ3v) is 8.50. The number of para-hydroxylation sites is 1. The van der Waals surface area contributed by atoms with E-state index in [9.17, 15) is 18.5 Å². The van der Waals surface area contributed by atoms with Gasteiger partial charge in [-0.05, 0) is 42.6 Å². The largest absolute Gasteiger partial charge is 0.363 e. The van der Waals surface area contributed by atoms with Crippen LogP contribution >= 0.6 is 11.3 Å². The Morgan fingerprint density at radius 1 is 1.03 bits per heavy atom. The first-order chi connectivity index (χ1) is 15.9. The van der Waals surface area contributed by atoms with E-state index in [1.54, 1.807) is 48.6 Å². The van der Waals surface area contributed by atoms with E-state index in [2.05, 4.69) is 16.3 Å². The van der Waals surface area contributed by atoms with E-state index >= 15 is 0 Å². The third-order valence-electron chi connectivity index (χ3n) is 5.74. The summed E-state index contributed by atoms with van der Waals surface area (Å²) in [6.07, 6.45) is 0. The summed E-state index contributed by atoms with van der Waals surface area (Å²) in [6.45, 7) is 5.68. The lowest BCUT2D eigenvalue weighted by molar-refractivity contribution is -0.384. The van der Waals surface area contributed by atoms with Gasteiger partial charge in [0.2, 0.25) is 0 Å². The molecule has 1 aliphatic rings. The Morgan fingerprint density at radius 3 is 2.36 bits per heavy atom. The van der Waals surface area contributed by atoms with Gasteiger partial charge in [0, 0.05) is 50.2 Å². The molecule has 3 aromatic rings. The summed E-state index contributed by atoms with van der Waals surface area (Å²) >= 11 is 1.72. The summed E-state index contributed by atoms with van der Waals surface area (Å²) in [4.78, 5) is 16.9. The molecule has 10 heteroatoms. The molecule has 1 aromatic heterocycles. The minimum atomic E-state index is -3.94. The molecule has 1 aliphatic heterocycles. The van der Waals surface area contributed by atoms with E-state index in [1.807, 2.05) is 17.0 Å². The van der Waals surface area contributed by atoms with Gasteiger partial charge in [-0.1, -0.05) is 24.3 Å². The summed E-state index contributed by atoms with van der Waals surface area (Å²) in [7, 11) is -3.94. The average molecular weight is 487 g/mol. The van der Waals surface area contributed by atoms with Crippen molar-refractivity contribution in [3.63, 3.8) is 0 Å². The minimum Gasteiger partial charge on any atom is -0.363 e. The number of sulfonamides is 1. The van der Waals surface area contributed by atoms with Crippen molar-refractivity contribution in [2.45, 2.75) is 18.4 Å². The number of benzene rings is 2. The zero-order valence-electron chi connectivity index (χ0n) is 18.3. The van der Waals surface area contributed by atoms with E-state index < -0.39 is 14.9 Å². The number of nitrogens with zero attached hydrogens (tertiary/aromatic N) is 4. The highest BCUT2D eigenvalue weighted by Gasteiger charge is 2.29. The number of hydrogen-bond acceptors (Lipinski definition) is 7. The van der Waals surface area contributed by atoms with Crippen LogP contribution in [0.4, 0.5) is 17.1 Å². The predicted molar refractivity (Wildman–Crippen MR) is 132 cm³/mol.